The third-order valence-electron chi connectivity index (χ3n) is 6.17. The van der Waals surface area contributed by atoms with E-state index >= 15 is 0 Å². The van der Waals surface area contributed by atoms with Gasteiger partial charge in [0.15, 0.2) is 5.75 Å². The normalized spacial score (nSPS) is 24.2. The zero-order valence-corrected chi connectivity index (χ0v) is 19.2. The fraction of sp³-hybridized carbons (Fsp3) is 0.522. The van der Waals surface area contributed by atoms with Gasteiger partial charge in [-0.25, -0.2) is 0 Å². The van der Waals surface area contributed by atoms with Gasteiger partial charge in [0.2, 0.25) is 8.41 Å². The largest absolute Gasteiger partial charge is 0.491 e. The van der Waals surface area contributed by atoms with Crippen molar-refractivity contribution in [2.75, 3.05) is 13.7 Å². The molecule has 0 amide bonds. The number of methoxy groups -OCH3 is 1. The summed E-state index contributed by atoms with van der Waals surface area (Å²) in [7, 11) is -1.39. The maximum absolute atomic E-state index is 14.9. The zero-order valence-electron chi connectivity index (χ0n) is 18.2. The molecule has 7 heteroatoms. The van der Waals surface area contributed by atoms with E-state index in [1.54, 1.807) is 36.0 Å². The molecule has 0 radical (unpaired) electrons. The number of aliphatic hydroxyl groups is 1. The monoisotopic (exact) mass is 433 g/mol. The van der Waals surface area contributed by atoms with Crippen LogP contribution in [0.2, 0.25) is 18.6 Å². The summed E-state index contributed by atoms with van der Waals surface area (Å²) in [5, 5.41) is 9.34. The Labute approximate surface area is 178 Å². The molecule has 0 saturated carbocycles. The number of aryl methyl sites for hydroxylation is 1. The van der Waals surface area contributed by atoms with E-state index in [2.05, 4.69) is 6.92 Å². The molecule has 164 valence electrons. The van der Waals surface area contributed by atoms with E-state index < -0.39 is 8.41 Å². The number of aliphatic hydroxyl groups excluding tert-OH is 1. The molecule has 2 aromatic rings. The number of aromatic nitrogens is 1. The molecule has 1 aromatic heterocycles. The highest BCUT2D eigenvalue weighted by Crippen LogP contribution is 2.46. The summed E-state index contributed by atoms with van der Waals surface area (Å²) in [4.78, 5) is 12.4. The van der Waals surface area contributed by atoms with E-state index in [4.69, 9.17) is 9.47 Å². The molecule has 0 unspecified atom stereocenters. The molecule has 0 bridgehead atoms. The van der Waals surface area contributed by atoms with Crippen LogP contribution >= 0.6 is 0 Å². The molecule has 1 N–H and O–H groups in total. The molecule has 0 spiro atoms. The standard InChI is InChI=1S/C23H32FNO4Si/c1-16-19(29-20(13-15-26)22(16)30(3,4)24)12-9-17-7-10-18(11-8-17)25-14-5-6-21(28-2)23(25)27/h5-8,10-11,14,16,19-20,22,26H,9,12-13,15H2,1-4H3/t16-,19+,20-,22+/m1/s1. The SMILES string of the molecule is COc1cccn(-c2ccc(CC[C@@H]3O[C@H](CCO)[C@@H]([Si](C)(C)F)[C@@H]3C)cc2)c1=O. The maximum atomic E-state index is 14.9. The number of ether oxygens (including phenoxy) is 2. The van der Waals surface area contributed by atoms with Crippen LogP contribution in [0.15, 0.2) is 47.4 Å². The van der Waals surface area contributed by atoms with Crippen molar-refractivity contribution in [1.82, 2.24) is 4.57 Å². The molecule has 4 atom stereocenters. The Hall–Kier alpha value is -1.96. The fourth-order valence-corrected chi connectivity index (χ4v) is 7.34. The average molecular weight is 434 g/mol. The van der Waals surface area contributed by atoms with E-state index in [0.717, 1.165) is 24.1 Å². The smallest absolute Gasteiger partial charge is 0.297 e. The number of nitrogens with zero attached hydrogens (tertiary/aromatic N) is 1. The minimum Gasteiger partial charge on any atom is -0.491 e. The van der Waals surface area contributed by atoms with E-state index in [1.165, 1.54) is 7.11 Å². The van der Waals surface area contributed by atoms with Gasteiger partial charge in [-0.15, -0.1) is 0 Å². The molecule has 1 saturated heterocycles. The highest BCUT2D eigenvalue weighted by molar-refractivity contribution is 6.72. The maximum Gasteiger partial charge on any atom is 0.297 e. The van der Waals surface area contributed by atoms with E-state index in [0.29, 0.717) is 12.2 Å². The predicted molar refractivity (Wildman–Crippen MR) is 119 cm³/mol. The number of pyridine rings is 1. The van der Waals surface area contributed by atoms with Gasteiger partial charge < -0.3 is 18.7 Å². The minimum absolute atomic E-state index is 0.00486. The van der Waals surface area contributed by atoms with Crippen LogP contribution in [0.25, 0.3) is 5.69 Å². The van der Waals surface area contributed by atoms with Crippen molar-refractivity contribution in [3.05, 3.63) is 58.5 Å². The van der Waals surface area contributed by atoms with Gasteiger partial charge in [-0.1, -0.05) is 19.1 Å². The molecule has 2 heterocycles. The van der Waals surface area contributed by atoms with Gasteiger partial charge in [0.25, 0.3) is 5.56 Å². The van der Waals surface area contributed by atoms with Crippen molar-refractivity contribution in [2.24, 2.45) is 5.92 Å². The molecule has 5 nitrogen and oxygen atoms in total. The van der Waals surface area contributed by atoms with Crippen molar-refractivity contribution < 1.29 is 18.7 Å². The zero-order chi connectivity index (χ0) is 21.9. The van der Waals surface area contributed by atoms with Crippen molar-refractivity contribution in [1.29, 1.82) is 0 Å². The first-order valence-electron chi connectivity index (χ1n) is 10.6. The lowest BCUT2D eigenvalue weighted by molar-refractivity contribution is 0.0193. The Morgan fingerprint density at radius 3 is 2.47 bits per heavy atom. The molecule has 0 aliphatic carbocycles. The number of hydrogen-bond donors (Lipinski definition) is 1. The Morgan fingerprint density at radius 2 is 1.87 bits per heavy atom. The van der Waals surface area contributed by atoms with Gasteiger partial charge >= 0.3 is 0 Å². The summed E-state index contributed by atoms with van der Waals surface area (Å²) in [6.07, 6.45) is 3.64. The van der Waals surface area contributed by atoms with Crippen LogP contribution in [-0.2, 0) is 11.2 Å². The first kappa shape index (κ1) is 22.7. The van der Waals surface area contributed by atoms with Gasteiger partial charge in [0.1, 0.15) is 0 Å². The molecule has 1 aromatic carbocycles. The van der Waals surface area contributed by atoms with Crippen molar-refractivity contribution >= 4 is 8.41 Å². The molecule has 1 aliphatic rings. The Bertz CT molecular complexity index is 893. The first-order chi connectivity index (χ1) is 14.3. The molecule has 1 aliphatic heterocycles. The quantitative estimate of drug-likeness (QED) is 0.503. The Morgan fingerprint density at radius 1 is 1.17 bits per heavy atom. The second kappa shape index (κ2) is 9.45. The first-order valence-corrected chi connectivity index (χ1v) is 13.5. The topological polar surface area (TPSA) is 60.7 Å². The molecule has 3 rings (SSSR count). The molecule has 30 heavy (non-hydrogen) atoms. The number of hydrogen-bond acceptors (Lipinski definition) is 4. The van der Waals surface area contributed by atoms with E-state index in [9.17, 15) is 14.0 Å². The van der Waals surface area contributed by atoms with Gasteiger partial charge in [0, 0.05) is 24.0 Å². The Kier molecular flexibility index (Phi) is 7.16. The summed E-state index contributed by atoms with van der Waals surface area (Å²) < 4.78 is 27.7. The van der Waals surface area contributed by atoms with Crippen LogP contribution in [0.5, 0.6) is 5.75 Å². The summed E-state index contributed by atoms with van der Waals surface area (Å²) in [6, 6.07) is 11.3. The summed E-state index contributed by atoms with van der Waals surface area (Å²) in [5.41, 5.74) is 1.64. The van der Waals surface area contributed by atoms with Crippen LogP contribution in [-0.4, -0.2) is 44.0 Å². The van der Waals surface area contributed by atoms with Crippen LogP contribution < -0.4 is 10.3 Å². The minimum atomic E-state index is -2.87. The average Bonchev–Trinajstić information content (AvgIpc) is 3.03. The van der Waals surface area contributed by atoms with Crippen LogP contribution in [0, 0.1) is 5.92 Å². The third-order valence-corrected chi connectivity index (χ3v) is 8.66. The lowest BCUT2D eigenvalue weighted by Gasteiger charge is -2.28. The molecule has 1 fully saturated rings. The van der Waals surface area contributed by atoms with Crippen molar-refractivity contribution in [3.63, 3.8) is 0 Å². The van der Waals surface area contributed by atoms with Gasteiger partial charge in [-0.3, -0.25) is 9.36 Å². The van der Waals surface area contributed by atoms with E-state index in [-0.39, 0.29) is 35.8 Å². The predicted octanol–water partition coefficient (Wildman–Crippen LogP) is 4.11. The Balaban J connectivity index is 1.68. The lowest BCUT2D eigenvalue weighted by atomic mass is 9.95. The van der Waals surface area contributed by atoms with Crippen LogP contribution in [0.4, 0.5) is 4.11 Å². The highest BCUT2D eigenvalue weighted by Gasteiger charge is 2.50. The van der Waals surface area contributed by atoms with Crippen LogP contribution in [0.1, 0.15) is 25.3 Å². The number of rotatable bonds is 8. The number of benzene rings is 1. The molecular formula is C23H32FNO4Si. The summed E-state index contributed by atoms with van der Waals surface area (Å²) in [5.74, 6) is 0.447. The fourth-order valence-electron chi connectivity index (χ4n) is 4.74. The lowest BCUT2D eigenvalue weighted by Crippen LogP contribution is -2.36. The van der Waals surface area contributed by atoms with Crippen molar-refractivity contribution in [3.8, 4) is 11.4 Å². The van der Waals surface area contributed by atoms with Gasteiger partial charge in [-0.2, -0.15) is 0 Å². The second-order valence-corrected chi connectivity index (χ2v) is 12.4. The molecular weight excluding hydrogens is 401 g/mol. The number of halogens is 1. The highest BCUT2D eigenvalue weighted by atomic mass is 28.4. The third kappa shape index (κ3) is 4.85. The summed E-state index contributed by atoms with van der Waals surface area (Å²) >= 11 is 0. The second-order valence-electron chi connectivity index (χ2n) is 8.63. The van der Waals surface area contributed by atoms with Crippen molar-refractivity contribution in [2.45, 2.75) is 57.0 Å². The van der Waals surface area contributed by atoms with E-state index in [1.807, 2.05) is 24.3 Å². The summed E-state index contributed by atoms with van der Waals surface area (Å²) in [6.45, 7) is 5.59. The van der Waals surface area contributed by atoms with Gasteiger partial charge in [0.05, 0.1) is 19.3 Å². The van der Waals surface area contributed by atoms with Gasteiger partial charge in [-0.05, 0) is 68.1 Å². The van der Waals surface area contributed by atoms with Crippen LogP contribution in [0.3, 0.4) is 0 Å².